The fourth-order valence-electron chi connectivity index (χ4n) is 2.70. The molecule has 6 heteroatoms. The van der Waals surface area contributed by atoms with E-state index in [1.807, 2.05) is 23.6 Å². The smallest absolute Gasteiger partial charge is 0.253 e. The third kappa shape index (κ3) is 3.70. The average Bonchev–Trinajstić information content (AvgIpc) is 3.17. The maximum Gasteiger partial charge on any atom is 0.253 e. The number of benzene rings is 1. The Kier molecular flexibility index (Phi) is 5.04. The van der Waals surface area contributed by atoms with E-state index in [4.69, 9.17) is 5.26 Å². The standard InChI is InChI=1S/C18H17N3O2S/c19-12-14-3-5-15(6-4-14)18(23)21-9-7-20(8-10-21)13-16(22)17-2-1-11-24-17/h1-6,11H,7-10,13H2. The lowest BCUT2D eigenvalue weighted by Gasteiger charge is -2.34. The largest absolute Gasteiger partial charge is 0.336 e. The second-order valence-corrected chi connectivity index (χ2v) is 6.61. The zero-order valence-corrected chi connectivity index (χ0v) is 14.0. The average molecular weight is 339 g/mol. The molecule has 1 aromatic carbocycles. The molecule has 0 unspecified atom stereocenters. The Morgan fingerprint density at radius 2 is 1.79 bits per heavy atom. The highest BCUT2D eigenvalue weighted by Crippen LogP contribution is 2.13. The molecule has 2 heterocycles. The number of amides is 1. The molecule has 1 saturated heterocycles. The molecule has 0 N–H and O–H groups in total. The fourth-order valence-corrected chi connectivity index (χ4v) is 3.35. The Morgan fingerprint density at radius 1 is 1.08 bits per heavy atom. The molecule has 0 saturated carbocycles. The van der Waals surface area contributed by atoms with Crippen LogP contribution in [-0.2, 0) is 0 Å². The number of rotatable bonds is 4. The molecule has 0 spiro atoms. The topological polar surface area (TPSA) is 64.4 Å². The maximum absolute atomic E-state index is 12.5. The number of piperazine rings is 1. The van der Waals surface area contributed by atoms with Gasteiger partial charge in [0, 0.05) is 31.7 Å². The van der Waals surface area contributed by atoms with Crippen LogP contribution in [0, 0.1) is 11.3 Å². The molecule has 1 fully saturated rings. The van der Waals surface area contributed by atoms with E-state index in [-0.39, 0.29) is 11.7 Å². The minimum absolute atomic E-state index is 0.0243. The molecule has 1 aliphatic rings. The summed E-state index contributed by atoms with van der Waals surface area (Å²) in [7, 11) is 0. The number of nitrogens with zero attached hydrogens (tertiary/aromatic N) is 3. The molecule has 0 bridgehead atoms. The predicted molar refractivity (Wildman–Crippen MR) is 92.2 cm³/mol. The summed E-state index contributed by atoms with van der Waals surface area (Å²) in [6, 6.07) is 12.5. The van der Waals surface area contributed by atoms with E-state index >= 15 is 0 Å². The van der Waals surface area contributed by atoms with Gasteiger partial charge in [0.1, 0.15) is 0 Å². The van der Waals surface area contributed by atoms with E-state index in [0.29, 0.717) is 43.9 Å². The van der Waals surface area contributed by atoms with Crippen LogP contribution in [0.5, 0.6) is 0 Å². The van der Waals surface area contributed by atoms with Crippen molar-refractivity contribution in [1.29, 1.82) is 5.26 Å². The van der Waals surface area contributed by atoms with Crippen LogP contribution in [-0.4, -0.2) is 54.2 Å². The van der Waals surface area contributed by atoms with Gasteiger partial charge in [-0.25, -0.2) is 0 Å². The first-order valence-electron chi connectivity index (χ1n) is 7.76. The summed E-state index contributed by atoms with van der Waals surface area (Å²) in [5, 5.41) is 10.7. The van der Waals surface area contributed by atoms with Gasteiger partial charge in [0.25, 0.3) is 5.91 Å². The van der Waals surface area contributed by atoms with Crippen LogP contribution in [0.25, 0.3) is 0 Å². The molecule has 24 heavy (non-hydrogen) atoms. The first kappa shape index (κ1) is 16.4. The number of hydrogen-bond acceptors (Lipinski definition) is 5. The molecular weight excluding hydrogens is 322 g/mol. The third-order valence-corrected chi connectivity index (χ3v) is 4.99. The van der Waals surface area contributed by atoms with Crippen LogP contribution in [0.4, 0.5) is 0 Å². The van der Waals surface area contributed by atoms with Gasteiger partial charge in [0.2, 0.25) is 0 Å². The van der Waals surface area contributed by atoms with E-state index in [2.05, 4.69) is 4.90 Å². The SMILES string of the molecule is N#Cc1ccc(C(=O)N2CCN(CC(=O)c3cccs3)CC2)cc1. The molecular formula is C18H17N3O2S. The second-order valence-electron chi connectivity index (χ2n) is 5.66. The van der Waals surface area contributed by atoms with Crippen molar-refractivity contribution in [3.05, 3.63) is 57.8 Å². The molecule has 0 aliphatic carbocycles. The van der Waals surface area contributed by atoms with Gasteiger partial charge in [-0.1, -0.05) is 6.07 Å². The van der Waals surface area contributed by atoms with Gasteiger partial charge in [-0.3, -0.25) is 14.5 Å². The van der Waals surface area contributed by atoms with Crippen LogP contribution in [0.2, 0.25) is 0 Å². The molecule has 2 aromatic rings. The van der Waals surface area contributed by atoms with Gasteiger partial charge in [-0.15, -0.1) is 11.3 Å². The first-order valence-corrected chi connectivity index (χ1v) is 8.64. The zero-order chi connectivity index (χ0) is 16.9. The molecule has 5 nitrogen and oxygen atoms in total. The van der Waals surface area contributed by atoms with Crippen molar-refractivity contribution in [3.63, 3.8) is 0 Å². The van der Waals surface area contributed by atoms with Gasteiger partial charge in [0.05, 0.1) is 23.1 Å². The van der Waals surface area contributed by atoms with Crippen molar-refractivity contribution in [2.24, 2.45) is 0 Å². The summed E-state index contributed by atoms with van der Waals surface area (Å²) < 4.78 is 0. The first-order chi connectivity index (χ1) is 11.7. The van der Waals surface area contributed by atoms with Crippen molar-refractivity contribution in [3.8, 4) is 6.07 Å². The van der Waals surface area contributed by atoms with Crippen LogP contribution in [0.15, 0.2) is 41.8 Å². The third-order valence-electron chi connectivity index (χ3n) is 4.08. The van der Waals surface area contributed by atoms with E-state index in [1.165, 1.54) is 11.3 Å². The lowest BCUT2D eigenvalue weighted by atomic mass is 10.1. The van der Waals surface area contributed by atoms with E-state index < -0.39 is 0 Å². The van der Waals surface area contributed by atoms with Gasteiger partial charge >= 0.3 is 0 Å². The van der Waals surface area contributed by atoms with E-state index in [0.717, 1.165) is 4.88 Å². The van der Waals surface area contributed by atoms with Gasteiger partial charge < -0.3 is 4.90 Å². The number of hydrogen-bond donors (Lipinski definition) is 0. The molecule has 1 aliphatic heterocycles. The van der Waals surface area contributed by atoms with Gasteiger partial charge in [-0.2, -0.15) is 5.26 Å². The van der Waals surface area contributed by atoms with Crippen molar-refractivity contribution in [2.75, 3.05) is 32.7 Å². The van der Waals surface area contributed by atoms with Crippen LogP contribution in [0.1, 0.15) is 25.6 Å². The number of Topliss-reactive ketones (excluding diaryl/α,β-unsaturated/α-hetero) is 1. The molecule has 1 amide bonds. The minimum atomic E-state index is -0.0243. The monoisotopic (exact) mass is 339 g/mol. The summed E-state index contributed by atoms with van der Waals surface area (Å²) in [4.78, 5) is 29.3. The number of ketones is 1. The second kappa shape index (κ2) is 7.39. The summed E-state index contributed by atoms with van der Waals surface area (Å²) in [5.41, 5.74) is 1.14. The quantitative estimate of drug-likeness (QED) is 0.802. The Morgan fingerprint density at radius 3 is 2.38 bits per heavy atom. The maximum atomic E-state index is 12.5. The summed E-state index contributed by atoms with van der Waals surface area (Å²) in [6.07, 6.45) is 0. The number of carbonyl (C=O) groups is 2. The zero-order valence-electron chi connectivity index (χ0n) is 13.1. The van der Waals surface area contributed by atoms with Gasteiger partial charge in [0.15, 0.2) is 5.78 Å². The van der Waals surface area contributed by atoms with Crippen LogP contribution >= 0.6 is 11.3 Å². The van der Waals surface area contributed by atoms with Crippen LogP contribution < -0.4 is 0 Å². The number of carbonyl (C=O) groups excluding carboxylic acids is 2. The Balaban J connectivity index is 1.53. The van der Waals surface area contributed by atoms with Crippen molar-refractivity contribution >= 4 is 23.0 Å². The lowest BCUT2D eigenvalue weighted by molar-refractivity contribution is 0.0625. The lowest BCUT2D eigenvalue weighted by Crippen LogP contribution is -2.49. The number of nitriles is 1. The van der Waals surface area contributed by atoms with Crippen molar-refractivity contribution < 1.29 is 9.59 Å². The highest BCUT2D eigenvalue weighted by molar-refractivity contribution is 7.12. The summed E-state index contributed by atoms with van der Waals surface area (Å²) in [5.74, 6) is 0.112. The normalized spacial score (nSPS) is 15.0. The molecule has 0 radical (unpaired) electrons. The Labute approximate surface area is 144 Å². The minimum Gasteiger partial charge on any atom is -0.336 e. The van der Waals surface area contributed by atoms with Crippen molar-refractivity contribution in [1.82, 2.24) is 9.80 Å². The van der Waals surface area contributed by atoms with Gasteiger partial charge in [-0.05, 0) is 35.7 Å². The highest BCUT2D eigenvalue weighted by atomic mass is 32.1. The Hall–Kier alpha value is -2.49. The molecule has 3 rings (SSSR count). The number of thiophene rings is 1. The Bertz CT molecular complexity index is 755. The molecule has 1 aromatic heterocycles. The van der Waals surface area contributed by atoms with E-state index in [9.17, 15) is 9.59 Å². The highest BCUT2D eigenvalue weighted by Gasteiger charge is 2.23. The fraction of sp³-hybridized carbons (Fsp3) is 0.278. The van der Waals surface area contributed by atoms with Crippen LogP contribution in [0.3, 0.4) is 0 Å². The predicted octanol–water partition coefficient (Wildman–Crippen LogP) is 2.26. The molecule has 0 atom stereocenters. The molecule has 122 valence electrons. The van der Waals surface area contributed by atoms with E-state index in [1.54, 1.807) is 29.2 Å². The summed E-state index contributed by atoms with van der Waals surface area (Å²) >= 11 is 1.46. The van der Waals surface area contributed by atoms with Crippen molar-refractivity contribution in [2.45, 2.75) is 0 Å². The summed E-state index contributed by atoms with van der Waals surface area (Å²) in [6.45, 7) is 3.00.